The van der Waals surface area contributed by atoms with Crippen LogP contribution in [0.15, 0.2) is 34.9 Å². The van der Waals surface area contributed by atoms with Crippen LogP contribution in [0.5, 0.6) is 0 Å². The number of anilines is 2. The summed E-state index contributed by atoms with van der Waals surface area (Å²) in [6.45, 7) is 3.56. The van der Waals surface area contributed by atoms with Crippen molar-refractivity contribution in [3.05, 3.63) is 40.5 Å². The van der Waals surface area contributed by atoms with E-state index in [0.29, 0.717) is 5.82 Å². The second-order valence-electron chi connectivity index (χ2n) is 4.47. The molecule has 0 unspecified atom stereocenters. The molecule has 5 heteroatoms. The lowest BCUT2D eigenvalue weighted by atomic mass is 10.00. The topological polar surface area (TPSA) is 68.0 Å². The number of nitrogens with zero attached hydrogens (tertiary/aromatic N) is 1. The van der Waals surface area contributed by atoms with E-state index in [4.69, 9.17) is 5.73 Å². The number of hydrogen-bond acceptors (Lipinski definition) is 3. The highest BCUT2D eigenvalue weighted by Gasteiger charge is 2.11. The second kappa shape index (κ2) is 6.05. The zero-order valence-electron chi connectivity index (χ0n) is 11.4. The summed E-state index contributed by atoms with van der Waals surface area (Å²) in [5.74, 6) is 0.401. The zero-order chi connectivity index (χ0) is 14.7. The minimum absolute atomic E-state index is 0.0884. The van der Waals surface area contributed by atoms with Crippen LogP contribution in [-0.4, -0.2) is 10.9 Å². The molecular formula is C15H16BrN3O. The molecule has 0 saturated carbocycles. The van der Waals surface area contributed by atoms with Crippen molar-refractivity contribution in [3.63, 3.8) is 0 Å². The van der Waals surface area contributed by atoms with Crippen molar-refractivity contribution in [2.45, 2.75) is 20.3 Å². The number of aromatic nitrogens is 1. The highest BCUT2D eigenvalue weighted by Crippen LogP contribution is 2.33. The van der Waals surface area contributed by atoms with Crippen LogP contribution in [0.1, 0.15) is 19.4 Å². The molecule has 2 rings (SSSR count). The summed E-state index contributed by atoms with van der Waals surface area (Å²) >= 11 is 3.49. The normalized spacial score (nSPS) is 10.3. The molecule has 0 spiro atoms. The third kappa shape index (κ3) is 2.99. The summed E-state index contributed by atoms with van der Waals surface area (Å²) < 4.78 is 0.836. The third-order valence-electron chi connectivity index (χ3n) is 3.00. The van der Waals surface area contributed by atoms with Gasteiger partial charge in [0.05, 0.1) is 4.47 Å². The zero-order valence-corrected chi connectivity index (χ0v) is 13.0. The molecule has 1 aromatic carbocycles. The summed E-state index contributed by atoms with van der Waals surface area (Å²) in [4.78, 5) is 15.3. The summed E-state index contributed by atoms with van der Waals surface area (Å²) in [5, 5.41) is 2.78. The number of nitrogen functional groups attached to an aromatic ring is 1. The number of nitrogens with one attached hydrogen (secondary N) is 1. The van der Waals surface area contributed by atoms with Gasteiger partial charge in [-0.05, 0) is 45.6 Å². The summed E-state index contributed by atoms with van der Waals surface area (Å²) in [6, 6.07) is 7.69. The number of pyridine rings is 1. The molecule has 3 N–H and O–H groups in total. The number of amides is 1. The molecule has 0 radical (unpaired) electrons. The largest absolute Gasteiger partial charge is 0.383 e. The van der Waals surface area contributed by atoms with E-state index in [9.17, 15) is 4.79 Å². The Morgan fingerprint density at radius 2 is 2.20 bits per heavy atom. The predicted octanol–water partition coefficient (Wildman–Crippen LogP) is 3.61. The van der Waals surface area contributed by atoms with Crippen LogP contribution in [0.4, 0.5) is 11.5 Å². The first kappa shape index (κ1) is 14.5. The molecule has 0 fully saturated rings. The standard InChI is InChI=1S/C15H16BrN3O/c1-3-12-13(8-18-15(17)14(12)16)10-5-4-6-11(7-10)19-9(2)20/h4-8H,3H2,1-2H3,(H2,17,18)(H,19,20). The number of rotatable bonds is 3. The van der Waals surface area contributed by atoms with Gasteiger partial charge in [-0.3, -0.25) is 4.79 Å². The van der Waals surface area contributed by atoms with Crippen LogP contribution in [0.3, 0.4) is 0 Å². The van der Waals surface area contributed by atoms with Gasteiger partial charge in [0.15, 0.2) is 0 Å². The lowest BCUT2D eigenvalue weighted by Crippen LogP contribution is -2.05. The van der Waals surface area contributed by atoms with Gasteiger partial charge in [0.25, 0.3) is 0 Å². The Balaban J connectivity index is 2.51. The predicted molar refractivity (Wildman–Crippen MR) is 85.5 cm³/mol. The van der Waals surface area contributed by atoms with E-state index in [2.05, 4.69) is 33.2 Å². The monoisotopic (exact) mass is 333 g/mol. The molecule has 1 amide bonds. The van der Waals surface area contributed by atoms with Crippen molar-refractivity contribution >= 4 is 33.3 Å². The number of hydrogen-bond donors (Lipinski definition) is 2. The first-order chi connectivity index (χ1) is 9.52. The Morgan fingerprint density at radius 1 is 1.45 bits per heavy atom. The Kier molecular flexibility index (Phi) is 4.39. The van der Waals surface area contributed by atoms with E-state index in [1.165, 1.54) is 6.92 Å². The van der Waals surface area contributed by atoms with Crippen LogP contribution < -0.4 is 11.1 Å². The minimum atomic E-state index is -0.0884. The highest BCUT2D eigenvalue weighted by atomic mass is 79.9. The van der Waals surface area contributed by atoms with Gasteiger partial charge in [-0.2, -0.15) is 0 Å². The van der Waals surface area contributed by atoms with E-state index in [1.54, 1.807) is 6.20 Å². The molecule has 0 bridgehead atoms. The van der Waals surface area contributed by atoms with Gasteiger partial charge in [-0.1, -0.05) is 19.1 Å². The summed E-state index contributed by atoms with van der Waals surface area (Å²) in [7, 11) is 0. The van der Waals surface area contributed by atoms with Gasteiger partial charge in [0.2, 0.25) is 5.91 Å². The first-order valence-corrected chi connectivity index (χ1v) is 7.13. The van der Waals surface area contributed by atoms with Crippen LogP contribution in [-0.2, 0) is 11.2 Å². The summed E-state index contributed by atoms with van der Waals surface area (Å²) in [6.07, 6.45) is 2.61. The van der Waals surface area contributed by atoms with Gasteiger partial charge >= 0.3 is 0 Å². The maximum Gasteiger partial charge on any atom is 0.221 e. The van der Waals surface area contributed by atoms with Crippen LogP contribution in [0.25, 0.3) is 11.1 Å². The molecule has 4 nitrogen and oxygen atoms in total. The number of halogens is 1. The maximum absolute atomic E-state index is 11.1. The molecule has 104 valence electrons. The highest BCUT2D eigenvalue weighted by molar-refractivity contribution is 9.10. The average molecular weight is 334 g/mol. The molecule has 20 heavy (non-hydrogen) atoms. The smallest absolute Gasteiger partial charge is 0.221 e. The first-order valence-electron chi connectivity index (χ1n) is 6.33. The third-order valence-corrected chi connectivity index (χ3v) is 3.88. The number of nitrogens with two attached hydrogens (primary N) is 1. The van der Waals surface area contributed by atoms with Crippen molar-refractivity contribution in [3.8, 4) is 11.1 Å². The molecule has 0 atom stereocenters. The van der Waals surface area contributed by atoms with Gasteiger partial charge < -0.3 is 11.1 Å². The van der Waals surface area contributed by atoms with Crippen LogP contribution in [0, 0.1) is 0 Å². The minimum Gasteiger partial charge on any atom is -0.383 e. The van der Waals surface area contributed by atoms with Crippen molar-refractivity contribution in [1.82, 2.24) is 4.98 Å². The number of benzene rings is 1. The number of carbonyl (C=O) groups is 1. The molecule has 0 saturated heterocycles. The molecule has 2 aromatic rings. The van der Waals surface area contributed by atoms with Gasteiger partial charge in [0, 0.05) is 24.4 Å². The average Bonchev–Trinajstić information content (AvgIpc) is 2.41. The molecule has 0 aliphatic carbocycles. The van der Waals surface area contributed by atoms with Crippen molar-refractivity contribution in [2.75, 3.05) is 11.1 Å². The fourth-order valence-corrected chi connectivity index (χ4v) is 2.70. The van der Waals surface area contributed by atoms with Crippen molar-refractivity contribution in [2.24, 2.45) is 0 Å². The van der Waals surface area contributed by atoms with E-state index >= 15 is 0 Å². The number of carbonyl (C=O) groups excluding carboxylic acids is 1. The maximum atomic E-state index is 11.1. The van der Waals surface area contributed by atoms with Gasteiger partial charge in [-0.15, -0.1) is 0 Å². The van der Waals surface area contributed by atoms with Gasteiger partial charge in [0.1, 0.15) is 5.82 Å². The Hall–Kier alpha value is -1.88. The van der Waals surface area contributed by atoms with Crippen molar-refractivity contribution in [1.29, 1.82) is 0 Å². The Morgan fingerprint density at radius 3 is 2.85 bits per heavy atom. The Bertz CT molecular complexity index is 656. The van der Waals surface area contributed by atoms with E-state index in [0.717, 1.165) is 33.3 Å². The molecule has 0 aliphatic heterocycles. The lowest BCUT2D eigenvalue weighted by Gasteiger charge is -2.12. The quantitative estimate of drug-likeness (QED) is 0.901. The van der Waals surface area contributed by atoms with E-state index in [1.807, 2.05) is 24.3 Å². The van der Waals surface area contributed by atoms with Gasteiger partial charge in [-0.25, -0.2) is 4.98 Å². The molecule has 0 aliphatic rings. The lowest BCUT2D eigenvalue weighted by molar-refractivity contribution is -0.114. The Labute approximate surface area is 126 Å². The molecule has 1 aromatic heterocycles. The van der Waals surface area contributed by atoms with E-state index < -0.39 is 0 Å². The second-order valence-corrected chi connectivity index (χ2v) is 5.26. The van der Waals surface area contributed by atoms with Crippen LogP contribution >= 0.6 is 15.9 Å². The summed E-state index contributed by atoms with van der Waals surface area (Å²) in [5.41, 5.74) is 9.72. The van der Waals surface area contributed by atoms with Crippen molar-refractivity contribution < 1.29 is 4.79 Å². The van der Waals surface area contributed by atoms with Crippen LogP contribution in [0.2, 0.25) is 0 Å². The fourth-order valence-electron chi connectivity index (χ4n) is 2.10. The SMILES string of the molecule is CCc1c(-c2cccc(NC(C)=O)c2)cnc(N)c1Br. The molecular weight excluding hydrogens is 318 g/mol. The fraction of sp³-hybridized carbons (Fsp3) is 0.200. The molecule has 1 heterocycles. The van der Waals surface area contributed by atoms with E-state index in [-0.39, 0.29) is 5.91 Å².